The topological polar surface area (TPSA) is 40.5 Å². The fourth-order valence-corrected chi connectivity index (χ4v) is 4.10. The van der Waals surface area contributed by atoms with Crippen LogP contribution in [0.4, 0.5) is 13.2 Å². The minimum Gasteiger partial charge on any atom is -0.505 e. The second-order valence-corrected chi connectivity index (χ2v) is 7.44. The molecule has 1 unspecified atom stereocenters. The molecule has 2 N–H and O–H groups in total. The molecule has 3 rings (SSSR count). The van der Waals surface area contributed by atoms with Gasteiger partial charge in [0.25, 0.3) is 0 Å². The highest BCUT2D eigenvalue weighted by Gasteiger charge is 2.27. The summed E-state index contributed by atoms with van der Waals surface area (Å²) in [5.74, 6) is -3.17. The van der Waals surface area contributed by atoms with Gasteiger partial charge >= 0.3 is 0 Å². The summed E-state index contributed by atoms with van der Waals surface area (Å²) < 4.78 is 42.1. The number of hydrogen-bond donors (Lipinski definition) is 2. The fourth-order valence-electron chi connectivity index (χ4n) is 4.10. The third-order valence-corrected chi connectivity index (χ3v) is 5.68. The Morgan fingerprint density at radius 1 is 0.963 bits per heavy atom. The molecule has 0 heterocycles. The second-order valence-electron chi connectivity index (χ2n) is 7.44. The van der Waals surface area contributed by atoms with Crippen LogP contribution >= 0.6 is 0 Å². The van der Waals surface area contributed by atoms with E-state index in [-0.39, 0.29) is 17.7 Å². The number of aliphatic hydroxyl groups is 1. The van der Waals surface area contributed by atoms with Crippen molar-refractivity contribution in [2.75, 3.05) is 0 Å². The van der Waals surface area contributed by atoms with Crippen LogP contribution in [0.25, 0.3) is 0 Å². The molecule has 0 aliphatic heterocycles. The van der Waals surface area contributed by atoms with Crippen molar-refractivity contribution in [3.63, 3.8) is 0 Å². The summed E-state index contributed by atoms with van der Waals surface area (Å²) in [4.78, 5) is 0. The van der Waals surface area contributed by atoms with E-state index < -0.39 is 23.5 Å². The van der Waals surface area contributed by atoms with Gasteiger partial charge in [-0.2, -0.15) is 4.39 Å². The van der Waals surface area contributed by atoms with E-state index in [9.17, 15) is 23.4 Å². The third-order valence-electron chi connectivity index (χ3n) is 5.68. The van der Waals surface area contributed by atoms with Gasteiger partial charge in [0.1, 0.15) is 5.82 Å². The highest BCUT2D eigenvalue weighted by atomic mass is 19.2. The lowest BCUT2D eigenvalue weighted by Gasteiger charge is -2.29. The van der Waals surface area contributed by atoms with Crippen molar-refractivity contribution in [1.29, 1.82) is 0 Å². The monoisotopic (exact) mass is 378 g/mol. The standard InChI is InChI=1S/C22H25F3O2/c1-2-3-19(26)17-9-8-15(12-18(17)23)13-4-6-14(7-5-13)16-10-11-20(27)22(25)21(16)24/h8-14,19,26-27H,2-7H2,1H3. The molecular weight excluding hydrogens is 353 g/mol. The number of hydrogen-bond acceptors (Lipinski definition) is 2. The lowest BCUT2D eigenvalue weighted by atomic mass is 9.76. The smallest absolute Gasteiger partial charge is 0.200 e. The highest BCUT2D eigenvalue weighted by Crippen LogP contribution is 2.42. The van der Waals surface area contributed by atoms with E-state index in [1.807, 2.05) is 13.0 Å². The third kappa shape index (κ3) is 4.13. The largest absolute Gasteiger partial charge is 0.505 e. The summed E-state index contributed by atoms with van der Waals surface area (Å²) in [6.45, 7) is 1.94. The Bertz CT molecular complexity index is 798. The number of halogens is 3. The molecule has 1 saturated carbocycles. The summed E-state index contributed by atoms with van der Waals surface area (Å²) in [6, 6.07) is 7.66. The summed E-state index contributed by atoms with van der Waals surface area (Å²) in [6.07, 6.45) is 3.37. The van der Waals surface area contributed by atoms with Crippen molar-refractivity contribution in [2.24, 2.45) is 0 Å². The molecule has 1 fully saturated rings. The van der Waals surface area contributed by atoms with Crippen molar-refractivity contribution in [1.82, 2.24) is 0 Å². The molecule has 0 amide bonds. The van der Waals surface area contributed by atoms with Crippen molar-refractivity contribution >= 4 is 0 Å². The first kappa shape index (κ1) is 19.7. The number of aliphatic hydroxyl groups excluding tert-OH is 1. The molecular formula is C22H25F3O2. The van der Waals surface area contributed by atoms with Gasteiger partial charge < -0.3 is 10.2 Å². The number of aromatic hydroxyl groups is 1. The maximum absolute atomic E-state index is 14.4. The molecule has 0 bridgehead atoms. The summed E-state index contributed by atoms with van der Waals surface area (Å²) >= 11 is 0. The molecule has 0 radical (unpaired) electrons. The first-order valence-electron chi connectivity index (χ1n) is 9.56. The first-order valence-corrected chi connectivity index (χ1v) is 9.56. The van der Waals surface area contributed by atoms with Crippen LogP contribution in [0.5, 0.6) is 5.75 Å². The van der Waals surface area contributed by atoms with Crippen LogP contribution in [0.15, 0.2) is 30.3 Å². The Balaban J connectivity index is 1.69. The first-order chi connectivity index (χ1) is 12.9. The van der Waals surface area contributed by atoms with Gasteiger partial charge in [-0.25, -0.2) is 8.78 Å². The molecule has 1 aliphatic carbocycles. The van der Waals surface area contributed by atoms with E-state index in [4.69, 9.17) is 0 Å². The van der Waals surface area contributed by atoms with Crippen molar-refractivity contribution < 1.29 is 23.4 Å². The summed E-state index contributed by atoms with van der Waals surface area (Å²) in [5.41, 5.74) is 1.51. The second kappa shape index (κ2) is 8.34. The predicted molar refractivity (Wildman–Crippen MR) is 98.2 cm³/mol. The van der Waals surface area contributed by atoms with E-state index >= 15 is 0 Å². The van der Waals surface area contributed by atoms with Crippen LogP contribution in [-0.2, 0) is 0 Å². The van der Waals surface area contributed by atoms with Gasteiger partial charge in [0.15, 0.2) is 11.6 Å². The molecule has 0 spiro atoms. The Labute approximate surface area is 157 Å². The Hall–Kier alpha value is -2.01. The van der Waals surface area contributed by atoms with Crippen LogP contribution in [0.1, 0.15) is 80.1 Å². The van der Waals surface area contributed by atoms with E-state index in [1.165, 1.54) is 18.2 Å². The molecule has 146 valence electrons. The molecule has 1 aliphatic rings. The van der Waals surface area contributed by atoms with Crippen LogP contribution in [0.2, 0.25) is 0 Å². The molecule has 5 heteroatoms. The van der Waals surface area contributed by atoms with Gasteiger partial charge in [-0.1, -0.05) is 31.5 Å². The Kier molecular flexibility index (Phi) is 6.10. The zero-order chi connectivity index (χ0) is 19.6. The predicted octanol–water partition coefficient (Wildman–Crippen LogP) is 6.08. The molecule has 2 aromatic rings. The maximum Gasteiger partial charge on any atom is 0.200 e. The van der Waals surface area contributed by atoms with Gasteiger partial charge in [0.05, 0.1) is 6.10 Å². The van der Waals surface area contributed by atoms with Gasteiger partial charge in [-0.3, -0.25) is 0 Å². The average molecular weight is 378 g/mol. The van der Waals surface area contributed by atoms with E-state index in [0.29, 0.717) is 30.4 Å². The van der Waals surface area contributed by atoms with E-state index in [1.54, 1.807) is 6.07 Å². The van der Waals surface area contributed by atoms with E-state index in [2.05, 4.69) is 0 Å². The van der Waals surface area contributed by atoms with Gasteiger partial charge in [-0.15, -0.1) is 0 Å². The van der Waals surface area contributed by atoms with Gasteiger partial charge in [0.2, 0.25) is 5.82 Å². The van der Waals surface area contributed by atoms with Crippen molar-refractivity contribution in [2.45, 2.75) is 63.4 Å². The van der Waals surface area contributed by atoms with E-state index in [0.717, 1.165) is 24.8 Å². The molecule has 0 aromatic heterocycles. The minimum absolute atomic E-state index is 0.105. The molecule has 1 atom stereocenters. The zero-order valence-electron chi connectivity index (χ0n) is 15.4. The van der Waals surface area contributed by atoms with Crippen LogP contribution in [-0.4, -0.2) is 10.2 Å². The van der Waals surface area contributed by atoms with Crippen LogP contribution in [0, 0.1) is 17.5 Å². The quantitative estimate of drug-likeness (QED) is 0.661. The zero-order valence-corrected chi connectivity index (χ0v) is 15.4. The van der Waals surface area contributed by atoms with Gasteiger partial charge in [0, 0.05) is 5.56 Å². The Morgan fingerprint density at radius 3 is 2.26 bits per heavy atom. The SMILES string of the molecule is CCCC(O)c1ccc(C2CCC(c3ccc(O)c(F)c3F)CC2)cc1F. The highest BCUT2D eigenvalue weighted by molar-refractivity contribution is 5.33. The minimum atomic E-state index is -1.20. The number of benzene rings is 2. The molecule has 2 nitrogen and oxygen atoms in total. The van der Waals surface area contributed by atoms with Crippen molar-refractivity contribution in [3.05, 3.63) is 64.5 Å². The lowest BCUT2D eigenvalue weighted by molar-refractivity contribution is 0.162. The summed E-state index contributed by atoms with van der Waals surface area (Å²) in [7, 11) is 0. The van der Waals surface area contributed by atoms with Crippen LogP contribution < -0.4 is 0 Å². The number of rotatable bonds is 5. The number of phenols is 1. The maximum atomic E-state index is 14.4. The normalized spacial score (nSPS) is 21.2. The fraction of sp³-hybridized carbons (Fsp3) is 0.455. The molecule has 0 saturated heterocycles. The molecule has 27 heavy (non-hydrogen) atoms. The summed E-state index contributed by atoms with van der Waals surface area (Å²) in [5, 5.41) is 19.3. The van der Waals surface area contributed by atoms with Crippen LogP contribution in [0.3, 0.4) is 0 Å². The Morgan fingerprint density at radius 2 is 1.63 bits per heavy atom. The molecule has 2 aromatic carbocycles. The number of phenolic OH excluding ortho intramolecular Hbond substituents is 1. The average Bonchev–Trinajstić information content (AvgIpc) is 2.66. The lowest BCUT2D eigenvalue weighted by Crippen LogP contribution is -2.14. The van der Waals surface area contributed by atoms with Gasteiger partial charge in [-0.05, 0) is 67.2 Å². The van der Waals surface area contributed by atoms with Crippen molar-refractivity contribution in [3.8, 4) is 5.75 Å².